The van der Waals surface area contributed by atoms with Gasteiger partial charge in [0.15, 0.2) is 5.82 Å². The first kappa shape index (κ1) is 21.6. The number of nitrogens with one attached hydrogen (secondary N) is 1. The van der Waals surface area contributed by atoms with Gasteiger partial charge in [-0.2, -0.15) is 15.0 Å². The number of ether oxygens (including phenoxy) is 2. The van der Waals surface area contributed by atoms with Gasteiger partial charge in [0.25, 0.3) is 5.91 Å². The quantitative estimate of drug-likeness (QED) is 0.745. The van der Waals surface area contributed by atoms with Crippen LogP contribution in [0.5, 0.6) is 5.75 Å². The zero-order chi connectivity index (χ0) is 21.7. The Morgan fingerprint density at radius 1 is 1.17 bits per heavy atom. The number of anilines is 2. The monoisotopic (exact) mass is 426 g/mol. The van der Waals surface area contributed by atoms with E-state index >= 15 is 0 Å². The molecule has 0 bridgehead atoms. The standard InChI is InChI=1S/C18H21F3N6O3/c1-26(2)16-23-14(24-17(25-16)27-7-9-29-10-8-27)11-22-15(28)12-3-5-13(6-4-12)30-18(19,20)21/h3-6H,7-11H2,1-2H3,(H,22,28). The number of alkyl halides is 3. The minimum Gasteiger partial charge on any atom is -0.406 e. The van der Waals surface area contributed by atoms with Crippen LogP contribution in [0.3, 0.4) is 0 Å². The van der Waals surface area contributed by atoms with Gasteiger partial charge >= 0.3 is 6.36 Å². The third kappa shape index (κ3) is 5.92. The Kier molecular flexibility index (Phi) is 6.55. The molecule has 2 aromatic rings. The molecule has 0 spiro atoms. The average Bonchev–Trinajstić information content (AvgIpc) is 2.72. The number of nitrogens with zero attached hydrogens (tertiary/aromatic N) is 5. The molecule has 12 heteroatoms. The normalized spacial score (nSPS) is 14.4. The van der Waals surface area contributed by atoms with Gasteiger partial charge in [0.1, 0.15) is 5.75 Å². The Morgan fingerprint density at radius 3 is 2.43 bits per heavy atom. The first-order valence-corrected chi connectivity index (χ1v) is 9.10. The highest BCUT2D eigenvalue weighted by Crippen LogP contribution is 2.22. The number of morpholine rings is 1. The maximum atomic E-state index is 12.3. The minimum absolute atomic E-state index is 0.0281. The van der Waals surface area contributed by atoms with Crippen LogP contribution in [0.4, 0.5) is 25.1 Å². The molecular weight excluding hydrogens is 405 g/mol. The highest BCUT2D eigenvalue weighted by Gasteiger charge is 2.31. The van der Waals surface area contributed by atoms with E-state index in [9.17, 15) is 18.0 Å². The highest BCUT2D eigenvalue weighted by atomic mass is 19.4. The molecule has 0 atom stereocenters. The lowest BCUT2D eigenvalue weighted by Gasteiger charge is -2.27. The van der Waals surface area contributed by atoms with Crippen molar-refractivity contribution in [3.8, 4) is 5.75 Å². The van der Waals surface area contributed by atoms with Crippen molar-refractivity contribution in [1.82, 2.24) is 20.3 Å². The van der Waals surface area contributed by atoms with Gasteiger partial charge in [-0.05, 0) is 24.3 Å². The van der Waals surface area contributed by atoms with Crippen LogP contribution in [0.25, 0.3) is 0 Å². The second kappa shape index (κ2) is 9.11. The molecule has 0 radical (unpaired) electrons. The summed E-state index contributed by atoms with van der Waals surface area (Å²) in [6, 6.07) is 4.64. The number of benzene rings is 1. The Bertz CT molecular complexity index is 870. The van der Waals surface area contributed by atoms with E-state index < -0.39 is 18.0 Å². The molecule has 1 aromatic carbocycles. The third-order valence-corrected chi connectivity index (χ3v) is 4.11. The number of carbonyl (C=O) groups is 1. The maximum absolute atomic E-state index is 12.3. The van der Waals surface area contributed by atoms with Crippen molar-refractivity contribution in [1.29, 1.82) is 0 Å². The van der Waals surface area contributed by atoms with Gasteiger partial charge in [0.05, 0.1) is 19.8 Å². The van der Waals surface area contributed by atoms with Crippen LogP contribution in [0.2, 0.25) is 0 Å². The Labute approximate surface area is 170 Å². The number of rotatable bonds is 6. The summed E-state index contributed by atoms with van der Waals surface area (Å²) in [5.74, 6) is 0.426. The third-order valence-electron chi connectivity index (χ3n) is 4.11. The second-order valence-corrected chi connectivity index (χ2v) is 6.60. The van der Waals surface area contributed by atoms with E-state index in [1.54, 1.807) is 19.0 Å². The molecule has 1 aromatic heterocycles. The van der Waals surface area contributed by atoms with Crippen molar-refractivity contribution in [2.75, 3.05) is 50.2 Å². The summed E-state index contributed by atoms with van der Waals surface area (Å²) in [6.45, 7) is 2.47. The lowest BCUT2D eigenvalue weighted by Crippen LogP contribution is -2.38. The molecule has 1 saturated heterocycles. The summed E-state index contributed by atoms with van der Waals surface area (Å²) >= 11 is 0. The van der Waals surface area contributed by atoms with Crippen molar-refractivity contribution >= 4 is 17.8 Å². The Morgan fingerprint density at radius 2 is 1.83 bits per heavy atom. The second-order valence-electron chi connectivity index (χ2n) is 6.60. The van der Waals surface area contributed by atoms with Crippen molar-refractivity contribution < 1.29 is 27.4 Å². The van der Waals surface area contributed by atoms with Crippen LogP contribution in [0.15, 0.2) is 24.3 Å². The average molecular weight is 426 g/mol. The number of aromatic nitrogens is 3. The molecular formula is C18H21F3N6O3. The van der Waals surface area contributed by atoms with Crippen molar-refractivity contribution in [3.63, 3.8) is 0 Å². The largest absolute Gasteiger partial charge is 0.573 e. The fourth-order valence-corrected chi connectivity index (χ4v) is 2.65. The molecule has 0 unspecified atom stereocenters. The Hall–Kier alpha value is -3.15. The van der Waals surface area contributed by atoms with Gasteiger partial charge in [0, 0.05) is 32.7 Å². The van der Waals surface area contributed by atoms with Crippen molar-refractivity contribution in [2.24, 2.45) is 0 Å². The summed E-state index contributed by atoms with van der Waals surface area (Å²) in [6.07, 6.45) is -4.79. The lowest BCUT2D eigenvalue weighted by molar-refractivity contribution is -0.274. The van der Waals surface area contributed by atoms with E-state index in [4.69, 9.17) is 4.74 Å². The Balaban J connectivity index is 1.68. The van der Waals surface area contributed by atoms with Crippen molar-refractivity contribution in [2.45, 2.75) is 12.9 Å². The number of amides is 1. The number of halogens is 3. The molecule has 1 fully saturated rings. The first-order chi connectivity index (χ1) is 14.2. The topological polar surface area (TPSA) is 92.7 Å². The SMILES string of the molecule is CN(C)c1nc(CNC(=O)c2ccc(OC(F)(F)F)cc2)nc(N2CCOCC2)n1. The summed E-state index contributed by atoms with van der Waals surface area (Å²) in [5, 5.41) is 2.66. The molecule has 1 amide bonds. The minimum atomic E-state index is -4.79. The number of hydrogen-bond donors (Lipinski definition) is 1. The number of hydrogen-bond acceptors (Lipinski definition) is 8. The van der Waals surface area contributed by atoms with E-state index in [2.05, 4.69) is 25.0 Å². The maximum Gasteiger partial charge on any atom is 0.573 e. The number of carbonyl (C=O) groups excluding carboxylic acids is 1. The van der Waals surface area contributed by atoms with Crippen molar-refractivity contribution in [3.05, 3.63) is 35.7 Å². The van der Waals surface area contributed by atoms with Crippen LogP contribution in [-0.4, -0.2) is 67.6 Å². The highest BCUT2D eigenvalue weighted by molar-refractivity contribution is 5.94. The van der Waals surface area contributed by atoms with Crippen LogP contribution >= 0.6 is 0 Å². The zero-order valence-electron chi connectivity index (χ0n) is 16.4. The zero-order valence-corrected chi connectivity index (χ0v) is 16.4. The van der Waals surface area contributed by atoms with E-state index in [1.807, 2.05) is 4.90 Å². The molecule has 1 aliphatic heterocycles. The van der Waals surface area contributed by atoms with E-state index in [-0.39, 0.29) is 12.1 Å². The van der Waals surface area contributed by atoms with E-state index in [0.717, 1.165) is 12.1 Å². The molecule has 1 N–H and O–H groups in total. The summed E-state index contributed by atoms with van der Waals surface area (Å²) in [5.41, 5.74) is 0.180. The predicted octanol–water partition coefficient (Wildman–Crippen LogP) is 1.60. The van der Waals surface area contributed by atoms with Gasteiger partial charge in [-0.3, -0.25) is 4.79 Å². The molecule has 1 aliphatic rings. The fraction of sp³-hybridized carbons (Fsp3) is 0.444. The van der Waals surface area contributed by atoms with Gasteiger partial charge in [-0.1, -0.05) is 0 Å². The van der Waals surface area contributed by atoms with Gasteiger partial charge < -0.3 is 24.6 Å². The molecule has 2 heterocycles. The van der Waals surface area contributed by atoms with Gasteiger partial charge in [-0.25, -0.2) is 0 Å². The smallest absolute Gasteiger partial charge is 0.406 e. The van der Waals surface area contributed by atoms with Crippen LogP contribution < -0.4 is 19.9 Å². The lowest BCUT2D eigenvalue weighted by atomic mass is 10.2. The van der Waals surface area contributed by atoms with E-state index in [1.165, 1.54) is 12.1 Å². The molecule has 162 valence electrons. The summed E-state index contributed by atoms with van der Waals surface area (Å²) in [4.78, 5) is 29.2. The van der Waals surface area contributed by atoms with Gasteiger partial charge in [-0.15, -0.1) is 13.2 Å². The van der Waals surface area contributed by atoms with Crippen LogP contribution in [0, 0.1) is 0 Å². The molecule has 0 aliphatic carbocycles. The van der Waals surface area contributed by atoms with E-state index in [0.29, 0.717) is 44.0 Å². The van der Waals surface area contributed by atoms with Gasteiger partial charge in [0.2, 0.25) is 11.9 Å². The summed E-state index contributed by atoms with van der Waals surface area (Å²) < 4.78 is 45.8. The summed E-state index contributed by atoms with van der Waals surface area (Å²) in [7, 11) is 3.59. The van der Waals surface area contributed by atoms with Crippen LogP contribution in [0.1, 0.15) is 16.2 Å². The molecule has 9 nitrogen and oxygen atoms in total. The first-order valence-electron chi connectivity index (χ1n) is 9.10. The molecule has 0 saturated carbocycles. The molecule has 3 rings (SSSR count). The fourth-order valence-electron chi connectivity index (χ4n) is 2.65. The predicted molar refractivity (Wildman–Crippen MR) is 101 cm³/mol. The molecule has 30 heavy (non-hydrogen) atoms. The van der Waals surface area contributed by atoms with Crippen LogP contribution in [-0.2, 0) is 11.3 Å².